The summed E-state index contributed by atoms with van der Waals surface area (Å²) in [6.45, 7) is -0.210. The van der Waals surface area contributed by atoms with Gasteiger partial charge in [0.15, 0.2) is 22.4 Å². The zero-order valence-electron chi connectivity index (χ0n) is 18.0. The van der Waals surface area contributed by atoms with Crippen molar-refractivity contribution >= 4 is 69.2 Å². The Morgan fingerprint density at radius 2 is 1.88 bits per heavy atom. The number of ether oxygens (including phenoxy) is 2. The summed E-state index contributed by atoms with van der Waals surface area (Å²) in [4.78, 5) is 27.2. The molecule has 6 nitrogen and oxygen atoms in total. The van der Waals surface area contributed by atoms with Gasteiger partial charge in [-0.05, 0) is 54.1 Å². The first-order chi connectivity index (χ1) is 16.4. The maximum atomic E-state index is 12.9. The van der Waals surface area contributed by atoms with Gasteiger partial charge in [0.25, 0.3) is 11.8 Å². The van der Waals surface area contributed by atoms with Gasteiger partial charge in [0.2, 0.25) is 0 Å². The summed E-state index contributed by atoms with van der Waals surface area (Å²) in [5, 5.41) is 3.25. The lowest BCUT2D eigenvalue weighted by molar-refractivity contribution is -0.118. The topological polar surface area (TPSA) is 67.9 Å². The quantitative estimate of drug-likeness (QED) is 0.321. The fraction of sp³-hybridized carbons (Fsp3) is 0.0800. The van der Waals surface area contributed by atoms with Crippen molar-refractivity contribution in [2.75, 3.05) is 23.9 Å². The molecular weight excluding hydrogens is 492 g/mol. The number of halogens is 1. The number of carbonyl (C=O) groups is 2. The Morgan fingerprint density at radius 1 is 1.09 bits per heavy atom. The lowest BCUT2D eigenvalue weighted by Gasteiger charge is -2.14. The molecule has 0 saturated carbocycles. The highest BCUT2D eigenvalue weighted by molar-refractivity contribution is 8.27. The van der Waals surface area contributed by atoms with E-state index in [1.807, 2.05) is 30.3 Å². The molecule has 0 aliphatic carbocycles. The maximum absolute atomic E-state index is 12.9. The lowest BCUT2D eigenvalue weighted by atomic mass is 10.2. The number of nitrogens with one attached hydrogen (secondary N) is 1. The van der Waals surface area contributed by atoms with Crippen LogP contribution in [-0.4, -0.2) is 29.9 Å². The molecule has 1 fully saturated rings. The highest BCUT2D eigenvalue weighted by atomic mass is 35.5. The summed E-state index contributed by atoms with van der Waals surface area (Å²) in [6, 6.07) is 21.3. The predicted molar refractivity (Wildman–Crippen MR) is 141 cm³/mol. The summed E-state index contributed by atoms with van der Waals surface area (Å²) in [7, 11) is 1.51. The van der Waals surface area contributed by atoms with Crippen molar-refractivity contribution in [2.45, 2.75) is 0 Å². The van der Waals surface area contributed by atoms with E-state index in [0.29, 0.717) is 31.4 Å². The fourth-order valence-electron chi connectivity index (χ4n) is 3.22. The molecule has 1 aliphatic rings. The van der Waals surface area contributed by atoms with E-state index in [9.17, 15) is 9.59 Å². The van der Waals surface area contributed by atoms with Gasteiger partial charge in [-0.25, -0.2) is 0 Å². The third-order valence-corrected chi connectivity index (χ3v) is 6.30. The number of methoxy groups -OCH3 is 1. The van der Waals surface area contributed by atoms with Crippen LogP contribution < -0.4 is 19.7 Å². The zero-order chi connectivity index (χ0) is 24.1. The second kappa shape index (κ2) is 10.7. The van der Waals surface area contributed by atoms with Gasteiger partial charge in [-0.2, -0.15) is 0 Å². The molecule has 2 amide bonds. The van der Waals surface area contributed by atoms with Crippen LogP contribution in [0.5, 0.6) is 11.5 Å². The Balaban J connectivity index is 1.45. The van der Waals surface area contributed by atoms with Crippen molar-refractivity contribution in [2.24, 2.45) is 0 Å². The molecule has 0 radical (unpaired) electrons. The molecule has 3 aromatic carbocycles. The van der Waals surface area contributed by atoms with E-state index < -0.39 is 0 Å². The van der Waals surface area contributed by atoms with Crippen LogP contribution in [0.2, 0.25) is 5.02 Å². The molecule has 0 aromatic heterocycles. The van der Waals surface area contributed by atoms with Crippen LogP contribution in [0.25, 0.3) is 6.08 Å². The number of benzene rings is 3. The van der Waals surface area contributed by atoms with Gasteiger partial charge in [-0.15, -0.1) is 0 Å². The van der Waals surface area contributed by atoms with Crippen molar-refractivity contribution in [1.82, 2.24) is 0 Å². The summed E-state index contributed by atoms with van der Waals surface area (Å²) in [5.41, 5.74) is 2.04. The molecular formula is C25H19ClN2O4S2. The number of thiocarbonyl (C=S) groups is 1. The van der Waals surface area contributed by atoms with E-state index >= 15 is 0 Å². The minimum atomic E-state index is -0.335. The Kier molecular flexibility index (Phi) is 7.52. The van der Waals surface area contributed by atoms with Crippen LogP contribution >= 0.6 is 35.6 Å². The molecule has 34 heavy (non-hydrogen) atoms. The molecule has 0 unspecified atom stereocenters. The number of hydrogen-bond donors (Lipinski definition) is 1. The first-order valence-electron chi connectivity index (χ1n) is 10.1. The molecule has 9 heteroatoms. The third kappa shape index (κ3) is 5.59. The van der Waals surface area contributed by atoms with Gasteiger partial charge < -0.3 is 14.8 Å². The summed E-state index contributed by atoms with van der Waals surface area (Å²) < 4.78 is 11.5. The van der Waals surface area contributed by atoms with Crippen molar-refractivity contribution in [3.8, 4) is 11.5 Å². The molecule has 0 spiro atoms. The number of amides is 2. The number of para-hydroxylation sites is 1. The molecule has 1 heterocycles. The number of hydrogen-bond acceptors (Lipinski definition) is 6. The van der Waals surface area contributed by atoms with Gasteiger partial charge in [0.05, 0.1) is 17.7 Å². The van der Waals surface area contributed by atoms with Crippen LogP contribution in [0.4, 0.5) is 11.4 Å². The minimum Gasteiger partial charge on any atom is -0.493 e. The van der Waals surface area contributed by atoms with Crippen LogP contribution in [0, 0.1) is 0 Å². The van der Waals surface area contributed by atoms with Crippen LogP contribution in [0.3, 0.4) is 0 Å². The highest BCUT2D eigenvalue weighted by Gasteiger charge is 2.33. The molecule has 1 saturated heterocycles. The van der Waals surface area contributed by atoms with E-state index in [0.717, 1.165) is 11.3 Å². The number of carbonyl (C=O) groups excluding carboxylic acids is 2. The summed E-state index contributed by atoms with van der Waals surface area (Å²) in [5.74, 6) is 0.316. The number of nitrogens with zero attached hydrogens (tertiary/aromatic N) is 1. The second-order valence-electron chi connectivity index (χ2n) is 7.11. The van der Waals surface area contributed by atoms with E-state index in [-0.39, 0.29) is 18.4 Å². The first-order valence-corrected chi connectivity index (χ1v) is 11.7. The number of thioether (sulfide) groups is 1. The summed E-state index contributed by atoms with van der Waals surface area (Å²) >= 11 is 12.6. The lowest BCUT2D eigenvalue weighted by Crippen LogP contribution is -2.27. The van der Waals surface area contributed by atoms with Crippen LogP contribution in [-0.2, 0) is 9.59 Å². The highest BCUT2D eigenvalue weighted by Crippen LogP contribution is 2.37. The monoisotopic (exact) mass is 510 g/mol. The maximum Gasteiger partial charge on any atom is 0.270 e. The Labute approximate surface area is 211 Å². The number of anilines is 2. The van der Waals surface area contributed by atoms with E-state index in [4.69, 9.17) is 33.3 Å². The van der Waals surface area contributed by atoms with Gasteiger partial charge in [-0.1, -0.05) is 65.9 Å². The fourth-order valence-corrected chi connectivity index (χ4v) is 4.71. The number of rotatable bonds is 7. The Bertz CT molecular complexity index is 1280. The van der Waals surface area contributed by atoms with E-state index in [1.165, 1.54) is 23.8 Å². The third-order valence-electron chi connectivity index (χ3n) is 4.76. The van der Waals surface area contributed by atoms with Crippen molar-refractivity contribution in [3.63, 3.8) is 0 Å². The standard InChI is InChI=1S/C25H19ClN2O4S2/c1-31-21-12-16(13-22-24(30)28(25(33)34-22)19-8-3-2-4-9-19)10-11-20(21)32-15-23(29)27-18-7-5-6-17(26)14-18/h2-14H,15H2,1H3,(H,27,29)/b22-13-. The average Bonchev–Trinajstić information content (AvgIpc) is 3.11. The first kappa shape index (κ1) is 23.8. The van der Waals surface area contributed by atoms with Crippen molar-refractivity contribution in [3.05, 3.63) is 88.3 Å². The Hall–Kier alpha value is -3.33. The van der Waals surface area contributed by atoms with Crippen molar-refractivity contribution in [1.29, 1.82) is 0 Å². The molecule has 4 rings (SSSR count). The largest absolute Gasteiger partial charge is 0.493 e. The van der Waals surface area contributed by atoms with Crippen LogP contribution in [0.15, 0.2) is 77.7 Å². The normalized spacial score (nSPS) is 14.4. The van der Waals surface area contributed by atoms with Gasteiger partial charge >= 0.3 is 0 Å². The molecule has 1 N–H and O–H groups in total. The molecule has 0 atom stereocenters. The molecule has 3 aromatic rings. The second-order valence-corrected chi connectivity index (χ2v) is 9.22. The predicted octanol–water partition coefficient (Wildman–Crippen LogP) is 5.77. The minimum absolute atomic E-state index is 0.182. The van der Waals surface area contributed by atoms with Gasteiger partial charge in [-0.3, -0.25) is 14.5 Å². The average molecular weight is 511 g/mol. The SMILES string of the molecule is COc1cc(/C=C2\SC(=S)N(c3ccccc3)C2=O)ccc1OCC(=O)Nc1cccc(Cl)c1. The van der Waals surface area contributed by atoms with E-state index in [1.54, 1.807) is 48.5 Å². The van der Waals surface area contributed by atoms with Crippen molar-refractivity contribution < 1.29 is 19.1 Å². The van der Waals surface area contributed by atoms with E-state index in [2.05, 4.69) is 5.32 Å². The van der Waals surface area contributed by atoms with Crippen LogP contribution in [0.1, 0.15) is 5.56 Å². The molecule has 172 valence electrons. The molecule has 0 bridgehead atoms. The van der Waals surface area contributed by atoms with Gasteiger partial charge in [0.1, 0.15) is 0 Å². The molecule has 1 aliphatic heterocycles. The zero-order valence-corrected chi connectivity index (χ0v) is 20.4. The smallest absolute Gasteiger partial charge is 0.270 e. The summed E-state index contributed by atoms with van der Waals surface area (Å²) in [6.07, 6.45) is 1.75. The van der Waals surface area contributed by atoms with Gasteiger partial charge in [0, 0.05) is 10.7 Å². The Morgan fingerprint density at radius 3 is 2.62 bits per heavy atom.